The summed E-state index contributed by atoms with van der Waals surface area (Å²) in [5, 5.41) is 3.73. The van der Waals surface area contributed by atoms with Crippen molar-refractivity contribution in [2.45, 2.75) is 39.8 Å². The fourth-order valence-corrected chi connectivity index (χ4v) is 4.77. The molecule has 0 bridgehead atoms. The standard InChI is InChI=1S/C20H24Cl2N2O3S/c1-5-19(20(25)23-12-15-6-7-16(21)11-18(15)22)24(28(4,26)27)17-9-13(2)8-14(3)10-17/h6-11,19H,5,12H2,1-4H3,(H,23,25)/t19-/m0/s1. The second kappa shape index (κ2) is 9.16. The molecule has 0 aliphatic heterocycles. The van der Waals surface area contributed by atoms with Crippen molar-refractivity contribution in [3.05, 3.63) is 63.1 Å². The van der Waals surface area contributed by atoms with Crippen molar-refractivity contribution in [3.8, 4) is 0 Å². The smallest absolute Gasteiger partial charge is 0.244 e. The number of rotatable bonds is 7. The Morgan fingerprint density at radius 3 is 2.21 bits per heavy atom. The summed E-state index contributed by atoms with van der Waals surface area (Å²) in [7, 11) is -3.68. The van der Waals surface area contributed by atoms with Gasteiger partial charge in [-0.05, 0) is 61.2 Å². The summed E-state index contributed by atoms with van der Waals surface area (Å²) < 4.78 is 26.3. The lowest BCUT2D eigenvalue weighted by atomic mass is 10.1. The highest BCUT2D eigenvalue weighted by molar-refractivity contribution is 7.92. The van der Waals surface area contributed by atoms with Gasteiger partial charge in [0, 0.05) is 16.6 Å². The third-order valence-corrected chi connectivity index (χ3v) is 6.03. The van der Waals surface area contributed by atoms with E-state index >= 15 is 0 Å². The first-order chi connectivity index (χ1) is 13.0. The SMILES string of the molecule is CC[C@@H](C(=O)NCc1ccc(Cl)cc1Cl)N(c1cc(C)cc(C)c1)S(C)(=O)=O. The Morgan fingerprint density at radius 2 is 1.71 bits per heavy atom. The Balaban J connectivity index is 2.31. The van der Waals surface area contributed by atoms with Gasteiger partial charge in [-0.3, -0.25) is 9.10 Å². The molecule has 0 saturated carbocycles. The highest BCUT2D eigenvalue weighted by Gasteiger charge is 2.31. The summed E-state index contributed by atoms with van der Waals surface area (Å²) in [6, 6.07) is 9.62. The number of nitrogens with zero attached hydrogens (tertiary/aromatic N) is 1. The van der Waals surface area contributed by atoms with Crippen LogP contribution in [0.5, 0.6) is 0 Å². The molecule has 152 valence electrons. The highest BCUT2D eigenvalue weighted by Crippen LogP contribution is 2.26. The fourth-order valence-electron chi connectivity index (χ4n) is 3.10. The summed E-state index contributed by atoms with van der Waals surface area (Å²) in [5.74, 6) is -0.391. The number of aryl methyl sites for hydroxylation is 2. The van der Waals surface area contributed by atoms with Crippen molar-refractivity contribution >= 4 is 44.8 Å². The lowest BCUT2D eigenvalue weighted by Crippen LogP contribution is -2.49. The van der Waals surface area contributed by atoms with Gasteiger partial charge in [0.05, 0.1) is 11.9 Å². The Kier molecular flexibility index (Phi) is 7.37. The topological polar surface area (TPSA) is 66.5 Å². The lowest BCUT2D eigenvalue weighted by molar-refractivity contribution is -0.122. The van der Waals surface area contributed by atoms with E-state index in [1.54, 1.807) is 37.3 Å². The van der Waals surface area contributed by atoms with Crippen LogP contribution < -0.4 is 9.62 Å². The van der Waals surface area contributed by atoms with Gasteiger partial charge >= 0.3 is 0 Å². The molecule has 0 unspecified atom stereocenters. The van der Waals surface area contributed by atoms with Gasteiger partial charge in [0.2, 0.25) is 15.9 Å². The van der Waals surface area contributed by atoms with Crippen LogP contribution in [-0.4, -0.2) is 26.6 Å². The molecule has 0 aliphatic carbocycles. The average molecular weight is 443 g/mol. The zero-order valence-electron chi connectivity index (χ0n) is 16.3. The van der Waals surface area contributed by atoms with Crippen LogP contribution in [0.15, 0.2) is 36.4 Å². The van der Waals surface area contributed by atoms with Gasteiger partial charge < -0.3 is 5.32 Å². The average Bonchev–Trinajstić information content (AvgIpc) is 2.56. The van der Waals surface area contributed by atoms with E-state index in [1.807, 2.05) is 19.9 Å². The second-order valence-corrected chi connectivity index (χ2v) is 9.49. The number of amides is 1. The van der Waals surface area contributed by atoms with Crippen LogP contribution in [0, 0.1) is 13.8 Å². The molecule has 2 rings (SSSR count). The van der Waals surface area contributed by atoms with E-state index in [1.165, 1.54) is 4.31 Å². The van der Waals surface area contributed by atoms with E-state index in [4.69, 9.17) is 23.2 Å². The largest absolute Gasteiger partial charge is 0.350 e. The number of nitrogens with one attached hydrogen (secondary N) is 1. The maximum Gasteiger partial charge on any atom is 0.244 e. The maximum atomic E-state index is 12.9. The first kappa shape index (κ1) is 22.5. The maximum absolute atomic E-state index is 12.9. The molecule has 28 heavy (non-hydrogen) atoms. The summed E-state index contributed by atoms with van der Waals surface area (Å²) >= 11 is 12.0. The van der Waals surface area contributed by atoms with E-state index in [9.17, 15) is 13.2 Å². The number of halogens is 2. The molecule has 0 aliphatic rings. The summed E-state index contributed by atoms with van der Waals surface area (Å²) in [4.78, 5) is 12.9. The number of hydrogen-bond donors (Lipinski definition) is 1. The number of carbonyl (C=O) groups excluding carboxylic acids is 1. The molecule has 0 radical (unpaired) electrons. The van der Waals surface area contributed by atoms with E-state index in [2.05, 4.69) is 5.32 Å². The predicted octanol–water partition coefficient (Wildman–Crippen LogP) is 4.47. The predicted molar refractivity (Wildman–Crippen MR) is 116 cm³/mol. The molecule has 8 heteroatoms. The Hall–Kier alpha value is -1.76. The van der Waals surface area contributed by atoms with Crippen LogP contribution in [0.25, 0.3) is 0 Å². The van der Waals surface area contributed by atoms with Crippen molar-refractivity contribution in [1.29, 1.82) is 0 Å². The quantitative estimate of drug-likeness (QED) is 0.687. The Bertz CT molecular complexity index is 957. The molecule has 5 nitrogen and oxygen atoms in total. The molecular formula is C20H24Cl2N2O3S. The molecule has 1 amide bonds. The van der Waals surface area contributed by atoms with Gasteiger partial charge in [0.25, 0.3) is 0 Å². The van der Waals surface area contributed by atoms with E-state index in [-0.39, 0.29) is 6.54 Å². The van der Waals surface area contributed by atoms with Crippen molar-refractivity contribution in [3.63, 3.8) is 0 Å². The summed E-state index contributed by atoms with van der Waals surface area (Å²) in [6.07, 6.45) is 1.43. The minimum Gasteiger partial charge on any atom is -0.350 e. The summed E-state index contributed by atoms with van der Waals surface area (Å²) in [5.41, 5.74) is 3.02. The molecule has 0 fully saturated rings. The number of anilines is 1. The minimum absolute atomic E-state index is 0.176. The highest BCUT2D eigenvalue weighted by atomic mass is 35.5. The van der Waals surface area contributed by atoms with Crippen LogP contribution in [0.3, 0.4) is 0 Å². The molecule has 0 saturated heterocycles. The van der Waals surface area contributed by atoms with Crippen LogP contribution in [-0.2, 0) is 21.4 Å². The van der Waals surface area contributed by atoms with Crippen molar-refractivity contribution in [2.24, 2.45) is 0 Å². The van der Waals surface area contributed by atoms with Gasteiger partial charge in [0.1, 0.15) is 6.04 Å². The van der Waals surface area contributed by atoms with Crippen LogP contribution in [0.2, 0.25) is 10.0 Å². The molecule has 1 atom stereocenters. The lowest BCUT2D eigenvalue weighted by Gasteiger charge is -2.30. The van der Waals surface area contributed by atoms with Gasteiger partial charge in [-0.25, -0.2) is 8.42 Å². The monoisotopic (exact) mass is 442 g/mol. The van der Waals surface area contributed by atoms with Gasteiger partial charge in [-0.15, -0.1) is 0 Å². The molecule has 2 aromatic carbocycles. The molecule has 1 N–H and O–H groups in total. The zero-order valence-corrected chi connectivity index (χ0v) is 18.6. The van der Waals surface area contributed by atoms with Gasteiger partial charge in [0.15, 0.2) is 0 Å². The zero-order chi connectivity index (χ0) is 21.1. The first-order valence-electron chi connectivity index (χ1n) is 8.82. The van der Waals surface area contributed by atoms with Crippen molar-refractivity contribution in [1.82, 2.24) is 5.32 Å². The van der Waals surface area contributed by atoms with Crippen LogP contribution in [0.4, 0.5) is 5.69 Å². The molecule has 0 heterocycles. The molecule has 0 spiro atoms. The number of benzene rings is 2. The second-order valence-electron chi connectivity index (χ2n) is 6.78. The van der Waals surface area contributed by atoms with Crippen LogP contribution in [0.1, 0.15) is 30.0 Å². The molecule has 2 aromatic rings. The molecule has 0 aromatic heterocycles. The van der Waals surface area contributed by atoms with E-state index in [0.717, 1.165) is 17.4 Å². The minimum atomic E-state index is -3.68. The van der Waals surface area contributed by atoms with Crippen LogP contribution >= 0.6 is 23.2 Å². The van der Waals surface area contributed by atoms with Crippen molar-refractivity contribution < 1.29 is 13.2 Å². The van der Waals surface area contributed by atoms with E-state index in [0.29, 0.717) is 27.7 Å². The summed E-state index contributed by atoms with van der Waals surface area (Å²) in [6.45, 7) is 5.73. The normalized spacial score (nSPS) is 12.5. The van der Waals surface area contributed by atoms with Gasteiger partial charge in [-0.2, -0.15) is 0 Å². The number of sulfonamides is 1. The number of hydrogen-bond acceptors (Lipinski definition) is 3. The van der Waals surface area contributed by atoms with Crippen molar-refractivity contribution in [2.75, 3.05) is 10.6 Å². The van der Waals surface area contributed by atoms with E-state index < -0.39 is 22.0 Å². The Labute approximate surface area is 176 Å². The molecular weight excluding hydrogens is 419 g/mol. The third-order valence-electron chi connectivity index (χ3n) is 4.26. The fraction of sp³-hybridized carbons (Fsp3) is 0.350. The third kappa shape index (κ3) is 5.63. The first-order valence-corrected chi connectivity index (χ1v) is 11.4. The van der Waals surface area contributed by atoms with Gasteiger partial charge in [-0.1, -0.05) is 42.3 Å². The Morgan fingerprint density at radius 1 is 1.11 bits per heavy atom. The number of carbonyl (C=O) groups is 1.